The van der Waals surface area contributed by atoms with E-state index < -0.39 is 9.05 Å². The molecule has 0 aromatic carbocycles. The van der Waals surface area contributed by atoms with Gasteiger partial charge in [-0.25, -0.2) is 8.42 Å². The Morgan fingerprint density at radius 1 is 1.42 bits per heavy atom. The summed E-state index contributed by atoms with van der Waals surface area (Å²) in [6.45, 7) is 8.09. The van der Waals surface area contributed by atoms with E-state index in [9.17, 15) is 13.2 Å². The minimum absolute atomic E-state index is 0.0597. The van der Waals surface area contributed by atoms with Gasteiger partial charge in [0.05, 0.1) is 0 Å². The van der Waals surface area contributed by atoms with E-state index in [0.29, 0.717) is 12.2 Å². The van der Waals surface area contributed by atoms with E-state index in [1.54, 1.807) is 4.57 Å². The predicted octanol–water partition coefficient (Wildman–Crippen LogP) is 2.35. The van der Waals surface area contributed by atoms with E-state index in [1.807, 2.05) is 27.7 Å². The summed E-state index contributed by atoms with van der Waals surface area (Å²) in [5, 5.41) is 2.86. The van der Waals surface area contributed by atoms with Crippen LogP contribution < -0.4 is 5.32 Å². The van der Waals surface area contributed by atoms with Gasteiger partial charge in [0.2, 0.25) is 0 Å². The van der Waals surface area contributed by atoms with Gasteiger partial charge in [0.1, 0.15) is 10.6 Å². The molecule has 0 aliphatic heterocycles. The van der Waals surface area contributed by atoms with Gasteiger partial charge in [0, 0.05) is 29.0 Å². The number of hydrogen-bond donors (Lipinski definition) is 1. The van der Waals surface area contributed by atoms with Gasteiger partial charge in [-0.3, -0.25) is 4.79 Å². The molecule has 1 aromatic rings. The molecule has 1 N–H and O–H groups in total. The van der Waals surface area contributed by atoms with E-state index >= 15 is 0 Å². The molecule has 1 amide bonds. The van der Waals surface area contributed by atoms with Crippen molar-refractivity contribution >= 4 is 25.6 Å². The first-order valence-corrected chi connectivity index (χ1v) is 8.39. The molecule has 0 fully saturated rings. The molecule has 19 heavy (non-hydrogen) atoms. The summed E-state index contributed by atoms with van der Waals surface area (Å²) in [7, 11) is 1.47. The third-order valence-corrected chi connectivity index (χ3v) is 4.38. The van der Waals surface area contributed by atoms with Crippen molar-refractivity contribution in [2.75, 3.05) is 0 Å². The van der Waals surface area contributed by atoms with Crippen molar-refractivity contribution in [1.29, 1.82) is 0 Å². The van der Waals surface area contributed by atoms with Crippen molar-refractivity contribution in [3.8, 4) is 0 Å². The lowest BCUT2D eigenvalue weighted by molar-refractivity contribution is 0.0902. The summed E-state index contributed by atoms with van der Waals surface area (Å²) >= 11 is 0. The Labute approximate surface area is 118 Å². The molecule has 0 atom stereocenters. The van der Waals surface area contributed by atoms with Crippen LogP contribution >= 0.6 is 10.7 Å². The van der Waals surface area contributed by atoms with Gasteiger partial charge < -0.3 is 9.88 Å². The van der Waals surface area contributed by atoms with Crippen LogP contribution in [0.3, 0.4) is 0 Å². The number of hydrogen-bond acceptors (Lipinski definition) is 3. The maximum atomic E-state index is 12.2. The Balaban J connectivity index is 3.13. The molecular formula is C12H19ClN2O3S. The van der Waals surface area contributed by atoms with Crippen LogP contribution in [0, 0.1) is 0 Å². The number of nitrogens with one attached hydrogen (secondary N) is 1. The number of rotatable bonds is 5. The fourth-order valence-corrected chi connectivity index (χ4v) is 2.29. The van der Waals surface area contributed by atoms with E-state index in [-0.39, 0.29) is 16.3 Å². The fourth-order valence-electron chi connectivity index (χ4n) is 1.53. The lowest BCUT2D eigenvalue weighted by Crippen LogP contribution is -2.43. The van der Waals surface area contributed by atoms with E-state index in [2.05, 4.69) is 5.32 Å². The number of nitrogens with zero attached hydrogens (tertiary/aromatic N) is 1. The predicted molar refractivity (Wildman–Crippen MR) is 75.0 cm³/mol. The smallest absolute Gasteiger partial charge is 0.268 e. The third kappa shape index (κ3) is 3.98. The van der Waals surface area contributed by atoms with Gasteiger partial charge >= 0.3 is 0 Å². The maximum absolute atomic E-state index is 12.2. The topological polar surface area (TPSA) is 68.2 Å². The molecule has 0 saturated carbocycles. The van der Waals surface area contributed by atoms with Gasteiger partial charge in [0.15, 0.2) is 0 Å². The molecule has 1 aromatic heterocycles. The second-order valence-corrected chi connectivity index (χ2v) is 7.54. The molecule has 0 aliphatic carbocycles. The highest BCUT2D eigenvalue weighted by Gasteiger charge is 2.23. The quantitative estimate of drug-likeness (QED) is 0.849. The van der Waals surface area contributed by atoms with Crippen molar-refractivity contribution in [3.05, 3.63) is 18.0 Å². The van der Waals surface area contributed by atoms with E-state index in [0.717, 1.165) is 6.42 Å². The van der Waals surface area contributed by atoms with Crippen LogP contribution in [0.4, 0.5) is 0 Å². The third-order valence-electron chi connectivity index (χ3n) is 3.06. The average Bonchev–Trinajstić information content (AvgIpc) is 2.72. The molecule has 0 spiro atoms. The molecule has 1 rings (SSSR count). The zero-order valence-electron chi connectivity index (χ0n) is 11.5. The van der Waals surface area contributed by atoms with Crippen molar-refractivity contribution in [1.82, 2.24) is 9.88 Å². The highest BCUT2D eigenvalue weighted by atomic mass is 35.7. The van der Waals surface area contributed by atoms with Crippen LogP contribution in [0.2, 0.25) is 0 Å². The largest absolute Gasteiger partial charge is 0.346 e. The molecule has 7 heteroatoms. The molecule has 1 heterocycles. The van der Waals surface area contributed by atoms with Crippen molar-refractivity contribution < 1.29 is 13.2 Å². The van der Waals surface area contributed by atoms with Crippen LogP contribution in [-0.2, 0) is 15.6 Å². The van der Waals surface area contributed by atoms with E-state index in [4.69, 9.17) is 10.7 Å². The van der Waals surface area contributed by atoms with Gasteiger partial charge in [0.25, 0.3) is 15.0 Å². The van der Waals surface area contributed by atoms with Crippen LogP contribution in [0.5, 0.6) is 0 Å². The first-order chi connectivity index (χ1) is 8.60. The zero-order valence-corrected chi connectivity index (χ0v) is 13.1. The molecule has 108 valence electrons. The number of carbonyl (C=O) groups excluding carboxylic acids is 1. The first kappa shape index (κ1) is 16.0. The summed E-state index contributed by atoms with van der Waals surface area (Å²) in [5.74, 6) is -0.305. The normalized spacial score (nSPS) is 12.5. The molecule has 5 nitrogen and oxygen atoms in total. The molecule has 0 aliphatic rings. The molecule has 0 saturated heterocycles. The Morgan fingerprint density at radius 3 is 2.42 bits per heavy atom. The highest BCUT2D eigenvalue weighted by Crippen LogP contribution is 2.19. The molecule has 0 bridgehead atoms. The SMILES string of the molecule is CCn1cc(S(=O)(=O)Cl)cc1C(=O)NC(C)(C)CC. The summed E-state index contributed by atoms with van der Waals surface area (Å²) in [5.41, 5.74) is -0.0526. The number of amides is 1. The van der Waals surface area contributed by atoms with Crippen molar-refractivity contribution in [2.45, 2.75) is 51.1 Å². The summed E-state index contributed by atoms with van der Waals surface area (Å²) in [6.07, 6.45) is 2.14. The number of halogens is 1. The zero-order chi connectivity index (χ0) is 14.8. The van der Waals surface area contributed by atoms with Crippen LogP contribution in [0.25, 0.3) is 0 Å². The molecule has 0 radical (unpaired) electrons. The standard InChI is InChI=1S/C12H19ClN2O3S/c1-5-12(3,4)14-11(16)10-7-9(19(13,17)18)8-15(10)6-2/h7-8H,5-6H2,1-4H3,(H,14,16). The Bertz CT molecular complexity index is 576. The Kier molecular flexibility index (Phi) is 4.68. The number of carbonyl (C=O) groups is 1. The monoisotopic (exact) mass is 306 g/mol. The highest BCUT2D eigenvalue weighted by molar-refractivity contribution is 8.13. The van der Waals surface area contributed by atoms with Gasteiger partial charge in [-0.15, -0.1) is 0 Å². The lowest BCUT2D eigenvalue weighted by Gasteiger charge is -2.24. The van der Waals surface area contributed by atoms with Gasteiger partial charge in [-0.2, -0.15) is 0 Å². The minimum Gasteiger partial charge on any atom is -0.346 e. The molecular weight excluding hydrogens is 288 g/mol. The average molecular weight is 307 g/mol. The minimum atomic E-state index is -3.83. The molecule has 0 unspecified atom stereocenters. The lowest BCUT2D eigenvalue weighted by atomic mass is 10.0. The maximum Gasteiger partial charge on any atom is 0.268 e. The summed E-state index contributed by atoms with van der Waals surface area (Å²) in [4.78, 5) is 12.1. The van der Waals surface area contributed by atoms with E-state index in [1.165, 1.54) is 12.3 Å². The Hall–Kier alpha value is -1.01. The van der Waals surface area contributed by atoms with Gasteiger partial charge in [-0.1, -0.05) is 6.92 Å². The number of aryl methyl sites for hydroxylation is 1. The second-order valence-electron chi connectivity index (χ2n) is 4.98. The second kappa shape index (κ2) is 5.54. The number of aromatic nitrogens is 1. The van der Waals surface area contributed by atoms with Crippen LogP contribution in [0.1, 0.15) is 44.6 Å². The first-order valence-electron chi connectivity index (χ1n) is 6.08. The van der Waals surface area contributed by atoms with Crippen LogP contribution in [-0.4, -0.2) is 24.4 Å². The summed E-state index contributed by atoms with van der Waals surface area (Å²) in [6, 6.07) is 1.30. The van der Waals surface area contributed by atoms with Crippen molar-refractivity contribution in [2.24, 2.45) is 0 Å². The van der Waals surface area contributed by atoms with Crippen LogP contribution in [0.15, 0.2) is 17.2 Å². The summed E-state index contributed by atoms with van der Waals surface area (Å²) < 4.78 is 24.2. The van der Waals surface area contributed by atoms with Crippen molar-refractivity contribution in [3.63, 3.8) is 0 Å². The fraction of sp³-hybridized carbons (Fsp3) is 0.583. The van der Waals surface area contributed by atoms with Gasteiger partial charge in [-0.05, 0) is 33.3 Å². The Morgan fingerprint density at radius 2 is 2.00 bits per heavy atom.